The average Bonchev–Trinajstić information content (AvgIpc) is 2.33. The molecule has 1 unspecified atom stereocenters. The van der Waals surface area contributed by atoms with Gasteiger partial charge in [-0.25, -0.2) is 5.84 Å². The molecule has 0 fully saturated rings. The van der Waals surface area contributed by atoms with Crippen LogP contribution in [0.4, 0.5) is 0 Å². The summed E-state index contributed by atoms with van der Waals surface area (Å²) in [5.41, 5.74) is 2.29. The Morgan fingerprint density at radius 3 is 2.06 bits per heavy atom. The minimum Gasteiger partial charge on any atom is -0.293 e. The first-order chi connectivity index (χ1) is 8.01. The van der Waals surface area contributed by atoms with Gasteiger partial charge in [0, 0.05) is 6.54 Å². The molecule has 0 saturated carbocycles. The van der Waals surface area contributed by atoms with E-state index in [0.29, 0.717) is 5.92 Å². The highest BCUT2D eigenvalue weighted by molar-refractivity contribution is 5.81. The van der Waals surface area contributed by atoms with E-state index in [0.717, 1.165) is 25.9 Å². The quantitative estimate of drug-likeness (QED) is 0.388. The van der Waals surface area contributed by atoms with Crippen LogP contribution in [0.15, 0.2) is 0 Å². The third kappa shape index (κ3) is 5.04. The Balaban J connectivity index is 4.72. The number of likely N-dealkylation sites (N-methyl/N-ethyl adjacent to an activating group) is 1. The molecule has 0 spiro atoms. The average molecular weight is 243 g/mol. The van der Waals surface area contributed by atoms with Crippen LogP contribution in [-0.2, 0) is 4.79 Å². The SMILES string of the molecule is CCC(CC)CN(CC)C(C(=O)NN)C(C)C. The molecule has 0 rings (SSSR count). The minimum atomic E-state index is -0.120. The number of carbonyl (C=O) groups is 1. The topological polar surface area (TPSA) is 58.4 Å². The normalized spacial score (nSPS) is 13.5. The van der Waals surface area contributed by atoms with Crippen molar-refractivity contribution in [2.75, 3.05) is 13.1 Å². The maximum Gasteiger partial charge on any atom is 0.251 e. The first-order valence-electron chi connectivity index (χ1n) is 6.76. The summed E-state index contributed by atoms with van der Waals surface area (Å²) in [7, 11) is 0. The van der Waals surface area contributed by atoms with Crippen LogP contribution in [0, 0.1) is 11.8 Å². The summed E-state index contributed by atoms with van der Waals surface area (Å²) in [6.45, 7) is 12.5. The Hall–Kier alpha value is -0.610. The molecule has 0 heterocycles. The Labute approximate surface area is 106 Å². The first-order valence-corrected chi connectivity index (χ1v) is 6.76. The molecule has 102 valence electrons. The Bertz CT molecular complexity index is 215. The van der Waals surface area contributed by atoms with Crippen molar-refractivity contribution in [3.8, 4) is 0 Å². The van der Waals surface area contributed by atoms with E-state index in [9.17, 15) is 4.79 Å². The summed E-state index contributed by atoms with van der Waals surface area (Å²) >= 11 is 0. The lowest BCUT2D eigenvalue weighted by Crippen LogP contribution is -2.52. The van der Waals surface area contributed by atoms with Gasteiger partial charge < -0.3 is 0 Å². The number of nitrogens with one attached hydrogen (secondary N) is 1. The van der Waals surface area contributed by atoms with Crippen molar-refractivity contribution in [2.24, 2.45) is 17.7 Å². The molecule has 0 radical (unpaired) electrons. The molecule has 4 nitrogen and oxygen atoms in total. The third-order valence-electron chi connectivity index (χ3n) is 3.49. The van der Waals surface area contributed by atoms with Crippen molar-refractivity contribution >= 4 is 5.91 Å². The van der Waals surface area contributed by atoms with Crippen molar-refractivity contribution in [2.45, 2.75) is 53.5 Å². The number of hydrogen-bond acceptors (Lipinski definition) is 3. The summed E-state index contributed by atoms with van der Waals surface area (Å²) in [6.07, 6.45) is 2.31. The molecule has 0 aliphatic carbocycles. The van der Waals surface area contributed by atoms with Gasteiger partial charge >= 0.3 is 0 Å². The molecule has 0 aromatic heterocycles. The lowest BCUT2D eigenvalue weighted by atomic mass is 9.97. The largest absolute Gasteiger partial charge is 0.293 e. The van der Waals surface area contributed by atoms with Gasteiger partial charge in [-0.2, -0.15) is 0 Å². The van der Waals surface area contributed by atoms with E-state index in [2.05, 4.69) is 44.9 Å². The zero-order valence-electron chi connectivity index (χ0n) is 12.0. The van der Waals surface area contributed by atoms with Crippen LogP contribution < -0.4 is 11.3 Å². The molecule has 1 amide bonds. The van der Waals surface area contributed by atoms with Crippen LogP contribution in [-0.4, -0.2) is 29.9 Å². The fourth-order valence-electron chi connectivity index (χ4n) is 2.29. The predicted octanol–water partition coefficient (Wildman–Crippen LogP) is 1.76. The Kier molecular flexibility index (Phi) is 8.17. The summed E-state index contributed by atoms with van der Waals surface area (Å²) in [6, 6.07) is -0.120. The van der Waals surface area contributed by atoms with Gasteiger partial charge in [0.2, 0.25) is 0 Å². The van der Waals surface area contributed by atoms with Gasteiger partial charge in [-0.05, 0) is 18.4 Å². The van der Waals surface area contributed by atoms with E-state index in [1.165, 1.54) is 0 Å². The fraction of sp³-hybridized carbons (Fsp3) is 0.923. The smallest absolute Gasteiger partial charge is 0.251 e. The first kappa shape index (κ1) is 16.4. The van der Waals surface area contributed by atoms with E-state index >= 15 is 0 Å². The van der Waals surface area contributed by atoms with Crippen molar-refractivity contribution in [1.82, 2.24) is 10.3 Å². The molecule has 3 N–H and O–H groups in total. The zero-order chi connectivity index (χ0) is 13.4. The molecule has 4 heteroatoms. The van der Waals surface area contributed by atoms with E-state index in [-0.39, 0.29) is 17.9 Å². The second-order valence-corrected chi connectivity index (χ2v) is 4.97. The van der Waals surface area contributed by atoms with Crippen LogP contribution in [0.3, 0.4) is 0 Å². The molecule has 0 aliphatic rings. The molecular weight excluding hydrogens is 214 g/mol. The molecule has 0 aromatic carbocycles. The molecular formula is C13H29N3O. The standard InChI is InChI=1S/C13H29N3O/c1-6-11(7-2)9-16(8-3)12(10(4)5)13(17)15-14/h10-12H,6-9,14H2,1-5H3,(H,15,17). The maximum absolute atomic E-state index is 11.8. The number of nitrogens with two attached hydrogens (primary N) is 1. The number of nitrogens with zero attached hydrogens (tertiary/aromatic N) is 1. The lowest BCUT2D eigenvalue weighted by molar-refractivity contribution is -0.128. The van der Waals surface area contributed by atoms with Crippen LogP contribution in [0.1, 0.15) is 47.5 Å². The fourth-order valence-corrected chi connectivity index (χ4v) is 2.29. The minimum absolute atomic E-state index is 0.0761. The summed E-state index contributed by atoms with van der Waals surface area (Å²) in [4.78, 5) is 14.1. The second kappa shape index (κ2) is 8.48. The monoisotopic (exact) mass is 243 g/mol. The van der Waals surface area contributed by atoms with E-state index in [4.69, 9.17) is 5.84 Å². The van der Waals surface area contributed by atoms with E-state index < -0.39 is 0 Å². The highest BCUT2D eigenvalue weighted by Crippen LogP contribution is 2.16. The van der Waals surface area contributed by atoms with Gasteiger partial charge in [-0.15, -0.1) is 0 Å². The highest BCUT2D eigenvalue weighted by Gasteiger charge is 2.28. The van der Waals surface area contributed by atoms with Gasteiger partial charge in [-0.3, -0.25) is 15.1 Å². The van der Waals surface area contributed by atoms with E-state index in [1.807, 2.05) is 0 Å². The van der Waals surface area contributed by atoms with Crippen molar-refractivity contribution < 1.29 is 4.79 Å². The van der Waals surface area contributed by atoms with Gasteiger partial charge in [0.25, 0.3) is 5.91 Å². The van der Waals surface area contributed by atoms with Crippen LogP contribution in [0.25, 0.3) is 0 Å². The molecule has 17 heavy (non-hydrogen) atoms. The molecule has 0 aliphatic heterocycles. The van der Waals surface area contributed by atoms with E-state index in [1.54, 1.807) is 0 Å². The third-order valence-corrected chi connectivity index (χ3v) is 3.49. The number of amides is 1. The van der Waals surface area contributed by atoms with Crippen molar-refractivity contribution in [3.63, 3.8) is 0 Å². The summed E-state index contributed by atoms with van der Waals surface area (Å²) in [5, 5.41) is 0. The molecule has 0 aromatic rings. The van der Waals surface area contributed by atoms with Gasteiger partial charge in [0.15, 0.2) is 0 Å². The van der Waals surface area contributed by atoms with Crippen LogP contribution in [0.2, 0.25) is 0 Å². The van der Waals surface area contributed by atoms with Gasteiger partial charge in [-0.1, -0.05) is 47.5 Å². The Morgan fingerprint density at radius 1 is 1.24 bits per heavy atom. The number of hydrogen-bond donors (Lipinski definition) is 2. The zero-order valence-corrected chi connectivity index (χ0v) is 12.0. The molecule has 0 bridgehead atoms. The van der Waals surface area contributed by atoms with Crippen molar-refractivity contribution in [3.05, 3.63) is 0 Å². The van der Waals surface area contributed by atoms with Crippen LogP contribution >= 0.6 is 0 Å². The van der Waals surface area contributed by atoms with Crippen LogP contribution in [0.5, 0.6) is 0 Å². The summed E-state index contributed by atoms with van der Waals surface area (Å²) in [5.74, 6) is 6.12. The number of rotatable bonds is 8. The predicted molar refractivity (Wildman–Crippen MR) is 72.3 cm³/mol. The molecule has 1 atom stereocenters. The van der Waals surface area contributed by atoms with Gasteiger partial charge in [0.05, 0.1) is 6.04 Å². The maximum atomic E-state index is 11.8. The Morgan fingerprint density at radius 2 is 1.76 bits per heavy atom. The number of hydrazine groups is 1. The highest BCUT2D eigenvalue weighted by atomic mass is 16.2. The number of carbonyl (C=O) groups excluding carboxylic acids is 1. The second-order valence-electron chi connectivity index (χ2n) is 4.97. The summed E-state index contributed by atoms with van der Waals surface area (Å²) < 4.78 is 0. The van der Waals surface area contributed by atoms with Gasteiger partial charge in [0.1, 0.15) is 0 Å². The van der Waals surface area contributed by atoms with Crippen molar-refractivity contribution in [1.29, 1.82) is 0 Å². The molecule has 0 saturated heterocycles. The lowest BCUT2D eigenvalue weighted by Gasteiger charge is -2.34.